The van der Waals surface area contributed by atoms with Crippen molar-refractivity contribution in [2.75, 3.05) is 0 Å². The third kappa shape index (κ3) is 1.90. The largest absolute Gasteiger partial charge is 0.370 e. The molecule has 0 aliphatic carbocycles. The fourth-order valence-electron chi connectivity index (χ4n) is 2.04. The van der Waals surface area contributed by atoms with Crippen LogP contribution in [0.1, 0.15) is 27.7 Å². The Morgan fingerprint density at radius 1 is 1.00 bits per heavy atom. The highest BCUT2D eigenvalue weighted by atomic mass is 16.8. The molecule has 2 saturated heterocycles. The third-order valence-electron chi connectivity index (χ3n) is 2.52. The molecule has 0 N–H and O–H groups in total. The Labute approximate surface area is 84.8 Å². The lowest BCUT2D eigenvalue weighted by Crippen LogP contribution is -2.27. The van der Waals surface area contributed by atoms with Gasteiger partial charge in [-0.2, -0.15) is 0 Å². The SMILES string of the molecule is C#N.C[C@@H]1O[C@H](C)[C@H]2OC(C)(C)OC12. The number of rotatable bonds is 0. The average molecular weight is 199 g/mol. The first-order valence-electron chi connectivity index (χ1n) is 4.76. The molecule has 4 atom stereocenters. The molecule has 0 aromatic heterocycles. The normalized spacial score (nSPS) is 43.9. The Morgan fingerprint density at radius 2 is 1.36 bits per heavy atom. The van der Waals surface area contributed by atoms with Crippen molar-refractivity contribution in [2.24, 2.45) is 0 Å². The topological polar surface area (TPSA) is 51.5 Å². The van der Waals surface area contributed by atoms with Gasteiger partial charge in [0.25, 0.3) is 0 Å². The van der Waals surface area contributed by atoms with Crippen LogP contribution in [0.15, 0.2) is 0 Å². The first-order valence-corrected chi connectivity index (χ1v) is 4.76. The van der Waals surface area contributed by atoms with Gasteiger partial charge in [-0.05, 0) is 27.7 Å². The summed E-state index contributed by atoms with van der Waals surface area (Å²) < 4.78 is 17.0. The Hall–Kier alpha value is -0.630. The van der Waals surface area contributed by atoms with E-state index in [1.165, 1.54) is 0 Å². The van der Waals surface area contributed by atoms with E-state index in [1.807, 2.05) is 27.7 Å². The minimum Gasteiger partial charge on any atom is -0.370 e. The zero-order chi connectivity index (χ0) is 10.9. The molecule has 14 heavy (non-hydrogen) atoms. The van der Waals surface area contributed by atoms with Crippen LogP contribution < -0.4 is 0 Å². The molecule has 0 bridgehead atoms. The summed E-state index contributed by atoms with van der Waals surface area (Å²) >= 11 is 0. The zero-order valence-electron chi connectivity index (χ0n) is 9.06. The van der Waals surface area contributed by atoms with Crippen LogP contribution in [0.4, 0.5) is 0 Å². The van der Waals surface area contributed by atoms with Gasteiger partial charge in [0.2, 0.25) is 0 Å². The molecule has 4 nitrogen and oxygen atoms in total. The van der Waals surface area contributed by atoms with Crippen LogP contribution in [0, 0.1) is 11.8 Å². The highest BCUT2D eigenvalue weighted by Gasteiger charge is 2.51. The van der Waals surface area contributed by atoms with Gasteiger partial charge in [-0.3, -0.25) is 0 Å². The Kier molecular flexibility index (Phi) is 3.15. The first-order chi connectivity index (χ1) is 6.49. The van der Waals surface area contributed by atoms with Crippen LogP contribution in [0.5, 0.6) is 0 Å². The molecule has 0 saturated carbocycles. The van der Waals surface area contributed by atoms with Crippen molar-refractivity contribution in [1.82, 2.24) is 0 Å². The molecule has 0 aromatic carbocycles. The quantitative estimate of drug-likeness (QED) is 0.592. The van der Waals surface area contributed by atoms with E-state index in [4.69, 9.17) is 19.5 Å². The predicted octanol–water partition coefficient (Wildman–Crippen LogP) is 1.45. The second-order valence-corrected chi connectivity index (χ2v) is 4.11. The molecule has 2 heterocycles. The second kappa shape index (κ2) is 3.85. The van der Waals surface area contributed by atoms with E-state index in [9.17, 15) is 0 Å². The van der Waals surface area contributed by atoms with E-state index >= 15 is 0 Å². The van der Waals surface area contributed by atoms with E-state index in [0.717, 1.165) is 0 Å². The lowest BCUT2D eigenvalue weighted by molar-refractivity contribution is -0.183. The third-order valence-corrected chi connectivity index (χ3v) is 2.52. The summed E-state index contributed by atoms with van der Waals surface area (Å²) in [4.78, 5) is 0. The van der Waals surface area contributed by atoms with Crippen LogP contribution in [0.2, 0.25) is 0 Å². The number of hydrogen-bond acceptors (Lipinski definition) is 4. The Balaban J connectivity index is 0.000000461. The molecule has 80 valence electrons. The highest BCUT2D eigenvalue weighted by Crippen LogP contribution is 2.38. The monoisotopic (exact) mass is 199 g/mol. The number of fused-ring (bicyclic) bond motifs is 1. The number of ether oxygens (including phenoxy) is 3. The summed E-state index contributed by atoms with van der Waals surface area (Å²) in [5.41, 5.74) is 0. The maximum absolute atomic E-state index is 6.50. The Morgan fingerprint density at radius 3 is 1.71 bits per heavy atom. The zero-order valence-corrected chi connectivity index (χ0v) is 9.06. The van der Waals surface area contributed by atoms with Crippen molar-refractivity contribution in [3.05, 3.63) is 0 Å². The van der Waals surface area contributed by atoms with E-state index in [-0.39, 0.29) is 24.4 Å². The fraction of sp³-hybridized carbons (Fsp3) is 0.900. The van der Waals surface area contributed by atoms with E-state index in [2.05, 4.69) is 6.57 Å². The van der Waals surface area contributed by atoms with Crippen molar-refractivity contribution in [2.45, 2.75) is 57.9 Å². The van der Waals surface area contributed by atoms with Crippen LogP contribution in [0.3, 0.4) is 0 Å². The summed E-state index contributed by atoms with van der Waals surface area (Å²) in [6, 6.07) is 0. The highest BCUT2D eigenvalue weighted by molar-refractivity contribution is 4.94. The van der Waals surface area contributed by atoms with Gasteiger partial charge in [0.05, 0.1) is 12.2 Å². The van der Waals surface area contributed by atoms with Crippen LogP contribution >= 0.6 is 0 Å². The van der Waals surface area contributed by atoms with Gasteiger partial charge in [-0.15, -0.1) is 0 Å². The summed E-state index contributed by atoms with van der Waals surface area (Å²) in [5.74, 6) is -0.429. The Bertz CT molecular complexity index is 209. The fourth-order valence-corrected chi connectivity index (χ4v) is 2.04. The van der Waals surface area contributed by atoms with Gasteiger partial charge >= 0.3 is 0 Å². The van der Waals surface area contributed by atoms with Gasteiger partial charge in [0, 0.05) is 6.57 Å². The molecule has 2 fully saturated rings. The molecule has 2 rings (SSSR count). The number of nitrogens with zero attached hydrogens (tertiary/aromatic N) is 1. The van der Waals surface area contributed by atoms with Gasteiger partial charge in [-0.1, -0.05) is 0 Å². The lowest BCUT2D eigenvalue weighted by Gasteiger charge is -2.21. The van der Waals surface area contributed by atoms with Crippen molar-refractivity contribution < 1.29 is 14.2 Å². The van der Waals surface area contributed by atoms with Crippen LogP contribution in [-0.2, 0) is 14.2 Å². The lowest BCUT2D eigenvalue weighted by atomic mass is 10.1. The maximum atomic E-state index is 6.50. The predicted molar refractivity (Wildman–Crippen MR) is 50.5 cm³/mol. The van der Waals surface area contributed by atoms with Crippen molar-refractivity contribution >= 4 is 0 Å². The second-order valence-electron chi connectivity index (χ2n) is 4.11. The van der Waals surface area contributed by atoms with E-state index in [0.29, 0.717) is 0 Å². The molecular formula is C10H17NO3. The first kappa shape index (κ1) is 11.4. The van der Waals surface area contributed by atoms with Crippen molar-refractivity contribution in [1.29, 1.82) is 5.26 Å². The maximum Gasteiger partial charge on any atom is 0.164 e. The van der Waals surface area contributed by atoms with Crippen LogP contribution in [0.25, 0.3) is 0 Å². The van der Waals surface area contributed by atoms with Crippen molar-refractivity contribution in [3.8, 4) is 6.57 Å². The summed E-state index contributed by atoms with van der Waals surface area (Å²) in [7, 11) is 0. The van der Waals surface area contributed by atoms with Crippen molar-refractivity contribution in [3.63, 3.8) is 0 Å². The molecular weight excluding hydrogens is 182 g/mol. The standard InChI is InChI=1S/C9H16O3.CHN/c1-5-7-8(6(2)10-5)12-9(3,4)11-7;1-2/h5-8H,1-4H3;1H/t5-,6+,7-,8?;/m1./s1. The van der Waals surface area contributed by atoms with Gasteiger partial charge in [-0.25, -0.2) is 5.26 Å². The summed E-state index contributed by atoms with van der Waals surface area (Å²) in [5, 5.41) is 6.50. The molecule has 2 aliphatic rings. The molecule has 4 heteroatoms. The van der Waals surface area contributed by atoms with E-state index < -0.39 is 5.79 Å². The minimum atomic E-state index is -0.429. The molecule has 0 spiro atoms. The number of hydrogen-bond donors (Lipinski definition) is 0. The van der Waals surface area contributed by atoms with Gasteiger partial charge in [0.15, 0.2) is 5.79 Å². The molecule has 0 amide bonds. The molecule has 0 radical (unpaired) electrons. The smallest absolute Gasteiger partial charge is 0.164 e. The number of nitriles is 1. The van der Waals surface area contributed by atoms with Gasteiger partial charge in [0.1, 0.15) is 12.2 Å². The minimum absolute atomic E-state index is 0.120. The average Bonchev–Trinajstić information content (AvgIpc) is 2.55. The molecule has 2 aliphatic heterocycles. The van der Waals surface area contributed by atoms with Gasteiger partial charge < -0.3 is 14.2 Å². The van der Waals surface area contributed by atoms with E-state index in [1.54, 1.807) is 0 Å². The van der Waals surface area contributed by atoms with Crippen LogP contribution in [-0.4, -0.2) is 30.2 Å². The summed E-state index contributed by atoms with van der Waals surface area (Å²) in [6.45, 7) is 11.5. The molecule has 1 unspecified atom stereocenters. The summed E-state index contributed by atoms with van der Waals surface area (Å²) in [6.07, 6.45) is 0.559. The molecule has 0 aromatic rings.